The molecule has 0 fully saturated rings. The first-order valence-corrected chi connectivity index (χ1v) is 5.88. The fourth-order valence-electron chi connectivity index (χ4n) is 1.48. The average Bonchev–Trinajstić information content (AvgIpc) is 2.75. The van der Waals surface area contributed by atoms with Crippen molar-refractivity contribution in [3.63, 3.8) is 0 Å². The highest BCUT2D eigenvalue weighted by molar-refractivity contribution is 7.10. The van der Waals surface area contributed by atoms with Gasteiger partial charge in [-0.05, 0) is 13.0 Å². The maximum absolute atomic E-state index is 10.8. The Labute approximate surface area is 102 Å². The van der Waals surface area contributed by atoms with Crippen molar-refractivity contribution in [2.45, 2.75) is 6.92 Å². The summed E-state index contributed by atoms with van der Waals surface area (Å²) in [6.07, 6.45) is 0. The first-order valence-electron chi connectivity index (χ1n) is 5.00. The first kappa shape index (κ1) is 11.5. The number of pyridine rings is 1. The number of nitrogens with zero attached hydrogens (tertiary/aromatic N) is 2. The van der Waals surface area contributed by atoms with E-state index < -0.39 is 4.92 Å². The highest BCUT2D eigenvalue weighted by atomic mass is 32.1. The number of aromatic nitrogens is 1. The molecule has 0 aromatic carbocycles. The number of nitro groups is 1. The van der Waals surface area contributed by atoms with E-state index >= 15 is 0 Å². The van der Waals surface area contributed by atoms with Crippen molar-refractivity contribution in [2.75, 3.05) is 12.4 Å². The molecule has 0 saturated heterocycles. The molecule has 0 amide bonds. The summed E-state index contributed by atoms with van der Waals surface area (Å²) < 4.78 is 0. The third-order valence-electron chi connectivity index (χ3n) is 2.30. The summed E-state index contributed by atoms with van der Waals surface area (Å²) in [6, 6.07) is 4.88. The van der Waals surface area contributed by atoms with Gasteiger partial charge in [0.1, 0.15) is 5.82 Å². The van der Waals surface area contributed by atoms with Crippen molar-refractivity contribution in [2.24, 2.45) is 0 Å². The van der Waals surface area contributed by atoms with Crippen LogP contribution >= 0.6 is 11.3 Å². The fourth-order valence-corrected chi connectivity index (χ4v) is 2.17. The van der Waals surface area contributed by atoms with Crippen LogP contribution in [0.2, 0.25) is 0 Å². The summed E-state index contributed by atoms with van der Waals surface area (Å²) in [5.74, 6) is 0.498. The molecule has 5 nitrogen and oxygen atoms in total. The van der Waals surface area contributed by atoms with Crippen LogP contribution in [-0.2, 0) is 0 Å². The molecule has 17 heavy (non-hydrogen) atoms. The van der Waals surface area contributed by atoms with Crippen LogP contribution in [0.3, 0.4) is 0 Å². The van der Waals surface area contributed by atoms with Crippen LogP contribution in [0, 0.1) is 17.0 Å². The maximum Gasteiger partial charge on any atom is 0.275 e. The molecule has 0 atom stereocenters. The van der Waals surface area contributed by atoms with Crippen LogP contribution in [0.15, 0.2) is 23.6 Å². The summed E-state index contributed by atoms with van der Waals surface area (Å²) in [5, 5.41) is 15.6. The minimum absolute atomic E-state index is 0.0446. The normalized spacial score (nSPS) is 10.2. The monoisotopic (exact) mass is 249 g/mol. The van der Waals surface area contributed by atoms with E-state index in [0.29, 0.717) is 11.5 Å². The van der Waals surface area contributed by atoms with E-state index in [4.69, 9.17) is 0 Å². The van der Waals surface area contributed by atoms with Gasteiger partial charge in [0.2, 0.25) is 0 Å². The second kappa shape index (κ2) is 4.50. The lowest BCUT2D eigenvalue weighted by Crippen LogP contribution is -1.97. The molecule has 0 aliphatic heterocycles. The highest BCUT2D eigenvalue weighted by Gasteiger charge is 2.12. The maximum atomic E-state index is 10.8. The number of rotatable bonds is 3. The molecule has 2 aromatic rings. The summed E-state index contributed by atoms with van der Waals surface area (Å²) in [7, 11) is 1.69. The molecule has 2 heterocycles. The fraction of sp³-hybridized carbons (Fsp3) is 0.182. The van der Waals surface area contributed by atoms with Gasteiger partial charge >= 0.3 is 0 Å². The number of anilines is 1. The second-order valence-corrected chi connectivity index (χ2v) is 4.66. The molecule has 0 spiro atoms. The van der Waals surface area contributed by atoms with Crippen LogP contribution in [0.4, 0.5) is 11.5 Å². The van der Waals surface area contributed by atoms with Gasteiger partial charge in [0, 0.05) is 28.9 Å². The molecule has 0 radical (unpaired) electrons. The predicted molar refractivity (Wildman–Crippen MR) is 68.5 cm³/mol. The van der Waals surface area contributed by atoms with Crippen LogP contribution in [0.25, 0.3) is 11.3 Å². The smallest absolute Gasteiger partial charge is 0.275 e. The molecule has 2 rings (SSSR count). The molecule has 1 N–H and O–H groups in total. The van der Waals surface area contributed by atoms with Gasteiger partial charge in [-0.1, -0.05) is 0 Å². The third kappa shape index (κ3) is 2.42. The van der Waals surface area contributed by atoms with E-state index in [1.165, 1.54) is 12.1 Å². The molecule has 0 aliphatic carbocycles. The van der Waals surface area contributed by atoms with Gasteiger partial charge in [0.05, 0.1) is 16.7 Å². The van der Waals surface area contributed by atoms with E-state index in [2.05, 4.69) is 10.3 Å². The van der Waals surface area contributed by atoms with Gasteiger partial charge in [0.25, 0.3) is 5.69 Å². The van der Waals surface area contributed by atoms with Crippen LogP contribution in [0.5, 0.6) is 0 Å². The molecular formula is C11H11N3O2S. The molecule has 6 heteroatoms. The largest absolute Gasteiger partial charge is 0.373 e. The van der Waals surface area contributed by atoms with Crippen molar-refractivity contribution < 1.29 is 4.92 Å². The van der Waals surface area contributed by atoms with E-state index in [1.54, 1.807) is 18.4 Å². The van der Waals surface area contributed by atoms with E-state index in [-0.39, 0.29) is 5.69 Å². The number of aryl methyl sites for hydroxylation is 1. The third-order valence-corrected chi connectivity index (χ3v) is 3.16. The summed E-state index contributed by atoms with van der Waals surface area (Å²) >= 11 is 1.60. The lowest BCUT2D eigenvalue weighted by atomic mass is 10.2. The topological polar surface area (TPSA) is 68.1 Å². The Morgan fingerprint density at radius 3 is 2.71 bits per heavy atom. The molecule has 0 bridgehead atoms. The van der Waals surface area contributed by atoms with Gasteiger partial charge in [-0.25, -0.2) is 4.98 Å². The summed E-state index contributed by atoms with van der Waals surface area (Å²) in [4.78, 5) is 15.9. The molecule has 0 aliphatic rings. The number of thiophene rings is 1. The van der Waals surface area contributed by atoms with Gasteiger partial charge in [-0.3, -0.25) is 10.1 Å². The van der Waals surface area contributed by atoms with E-state index in [1.807, 2.05) is 18.4 Å². The molecule has 2 aromatic heterocycles. The van der Waals surface area contributed by atoms with Crippen LogP contribution < -0.4 is 5.32 Å². The summed E-state index contributed by atoms with van der Waals surface area (Å²) in [6.45, 7) is 1.99. The lowest BCUT2D eigenvalue weighted by Gasteiger charge is -2.02. The Balaban J connectivity index is 2.53. The zero-order valence-corrected chi connectivity index (χ0v) is 10.2. The van der Waals surface area contributed by atoms with Crippen molar-refractivity contribution in [1.82, 2.24) is 4.98 Å². The number of nitrogens with one attached hydrogen (secondary N) is 1. The van der Waals surface area contributed by atoms with Crippen molar-refractivity contribution >= 4 is 22.8 Å². The van der Waals surface area contributed by atoms with Crippen LogP contribution in [-0.4, -0.2) is 17.0 Å². The Morgan fingerprint density at radius 1 is 1.41 bits per heavy atom. The molecule has 0 unspecified atom stereocenters. The Bertz CT molecular complexity index is 566. The average molecular weight is 249 g/mol. The number of hydrogen-bond donors (Lipinski definition) is 1. The van der Waals surface area contributed by atoms with Gasteiger partial charge < -0.3 is 5.32 Å². The minimum Gasteiger partial charge on any atom is -0.373 e. The molecular weight excluding hydrogens is 238 g/mol. The molecule has 0 saturated carbocycles. The van der Waals surface area contributed by atoms with E-state index in [0.717, 1.165) is 10.4 Å². The second-order valence-electron chi connectivity index (χ2n) is 3.55. The van der Waals surface area contributed by atoms with Crippen molar-refractivity contribution in [3.05, 3.63) is 38.6 Å². The lowest BCUT2D eigenvalue weighted by molar-refractivity contribution is -0.384. The number of hydrogen-bond acceptors (Lipinski definition) is 5. The first-order chi connectivity index (χ1) is 8.10. The predicted octanol–water partition coefficient (Wildman–Crippen LogP) is 3.07. The van der Waals surface area contributed by atoms with Gasteiger partial charge in [-0.15, -0.1) is 11.3 Å². The van der Waals surface area contributed by atoms with Crippen molar-refractivity contribution in [1.29, 1.82) is 0 Å². The Hall–Kier alpha value is -1.95. The highest BCUT2D eigenvalue weighted by Crippen LogP contribution is 2.28. The zero-order chi connectivity index (χ0) is 12.4. The van der Waals surface area contributed by atoms with Gasteiger partial charge in [-0.2, -0.15) is 0 Å². The van der Waals surface area contributed by atoms with Crippen molar-refractivity contribution in [3.8, 4) is 11.3 Å². The quantitative estimate of drug-likeness (QED) is 0.670. The standard InChI is InChI=1S/C11H11N3O2S/c1-7-3-8(6-17-7)10-4-9(14(15)16)5-11(12-2)13-10/h3-6H,1-2H3,(H,12,13). The minimum atomic E-state index is -0.411. The van der Waals surface area contributed by atoms with Crippen LogP contribution in [0.1, 0.15) is 4.88 Å². The Kier molecular flexibility index (Phi) is 3.06. The van der Waals surface area contributed by atoms with E-state index in [9.17, 15) is 10.1 Å². The molecule has 88 valence electrons. The SMILES string of the molecule is CNc1cc([N+](=O)[O-])cc(-c2csc(C)c2)n1. The summed E-state index contributed by atoms with van der Waals surface area (Å²) in [5.41, 5.74) is 1.57. The Morgan fingerprint density at radius 2 is 2.18 bits per heavy atom. The van der Waals surface area contributed by atoms with Gasteiger partial charge in [0.15, 0.2) is 0 Å². The zero-order valence-electron chi connectivity index (χ0n) is 9.43.